The Kier molecular flexibility index (Phi) is 51.0. The van der Waals surface area contributed by atoms with E-state index in [1.54, 1.807) is 12.1 Å². The van der Waals surface area contributed by atoms with Gasteiger partial charge in [0.2, 0.25) is 0 Å². The average Bonchev–Trinajstić information content (AvgIpc) is 1.49. The van der Waals surface area contributed by atoms with Gasteiger partial charge >= 0.3 is 0 Å². The van der Waals surface area contributed by atoms with E-state index in [0.29, 0.717) is 115 Å². The maximum atomic E-state index is 9.95. The van der Waals surface area contributed by atoms with Crippen molar-refractivity contribution in [3.63, 3.8) is 0 Å². The van der Waals surface area contributed by atoms with E-state index in [4.69, 9.17) is 14.7 Å². The van der Waals surface area contributed by atoms with Crippen LogP contribution in [0.4, 0.5) is 5.69 Å². The normalized spacial score (nSPS) is 18.1. The number of likely N-dealkylation sites (N-methyl/N-ethyl adjacent to an activating group) is 1. The number of nitrogens with zero attached hydrogens (tertiary/aromatic N) is 3. The molecular weight excluding hydrogens is 1520 g/mol. The van der Waals surface area contributed by atoms with Crippen LogP contribution in [0.3, 0.4) is 0 Å². The molecule has 9 fully saturated rings. The first-order valence-corrected chi connectivity index (χ1v) is 45.2. The van der Waals surface area contributed by atoms with Crippen LogP contribution in [0, 0.1) is 218 Å². The molecule has 123 heavy (non-hydrogen) atoms. The standard InChI is InChI=1S/C13H17N.C12H11N.C11H16O2.C11H18O.C11H12.C10H16O.C9H15NO.C9H14O.C8H13NO.C8H12O2.C8H12/c1-11(2)5-6-12-7-9-13(10-8-12)14(3)4;1-10(2)3-4-11-5-7-12(9-13)8-6-11;1-9(2)3-4-11(12)5-10(6-11)7-13-8-10;1-10(2)6-9-11(12)7-4-3-5-8-11;1-10(2)8-9-11-6-4-3-5-7-11;1-9(2)5-8-10(11)6-3-4-7-10;1-8(2)4-5-9(11)6-10(3)7-9;1-8(2)4-7-9(10)5-3-6-9;1-7(2)3-4-8(10)5-9-6-8;1-7(2)3-4-8(9)5-10-6-8;1-7(2)3-4-8-5-6-8/h7-11H,1-4H3;5-8,10H,1-2H3;9,12H,5-8H2,1-2H3;10,12H,3-5,7-8H2,1-2H3;3-7,10H,1-2H3;9,11H,3-4,6-7H2,1-2H3;8,11H,6-7H2,1-3H3;8,10H,3,5-6H2,1-2H3;7,9-10H,5-6H2,1-2H3;7,9H,5-6H2,1-2H3;7-8H,5-6H2,1-2H3. The van der Waals surface area contributed by atoms with E-state index in [1.165, 1.54) is 24.9 Å². The number of β-amino-alcohol motifs (C(OH)–C–C–N with tert-alkyl or cyclic N) is 2. The Morgan fingerprint density at radius 1 is 0.350 bits per heavy atom. The van der Waals surface area contributed by atoms with Crippen LogP contribution in [0.15, 0.2) is 78.9 Å². The largest absolute Gasteiger partial charge is 0.380 e. The molecule has 0 bridgehead atoms. The number of likely N-dealkylation sites (tertiary alicyclic amines) is 1. The first-order valence-electron chi connectivity index (χ1n) is 45.2. The van der Waals surface area contributed by atoms with Crippen LogP contribution in [0.5, 0.6) is 0 Å². The summed E-state index contributed by atoms with van der Waals surface area (Å²) in [6.45, 7) is 50.2. The van der Waals surface area contributed by atoms with Crippen molar-refractivity contribution in [1.29, 1.82) is 5.26 Å². The summed E-state index contributed by atoms with van der Waals surface area (Å²) in [5, 5.41) is 79.1. The van der Waals surface area contributed by atoms with Crippen molar-refractivity contribution < 1.29 is 45.2 Å². The molecule has 8 N–H and O–H groups in total. The number of rotatable bonds is 1. The highest BCUT2D eigenvalue weighted by molar-refractivity contribution is 5.49. The molecule has 670 valence electrons. The molecule has 12 rings (SSSR count). The van der Waals surface area contributed by atoms with Crippen molar-refractivity contribution in [3.05, 3.63) is 101 Å². The third kappa shape index (κ3) is 52.9. The minimum atomic E-state index is -0.829. The Hall–Kier alpha value is -8.33. The van der Waals surface area contributed by atoms with E-state index in [0.717, 1.165) is 119 Å². The summed E-state index contributed by atoms with van der Waals surface area (Å²) < 4.78 is 9.96. The molecule has 5 aliphatic carbocycles. The summed E-state index contributed by atoms with van der Waals surface area (Å²) >= 11 is 0. The maximum absolute atomic E-state index is 9.95. The number of anilines is 1. The number of benzene rings is 3. The molecular formula is C110H156N4O9. The van der Waals surface area contributed by atoms with Crippen LogP contribution in [-0.4, -0.2) is 154 Å². The predicted octanol–water partition coefficient (Wildman–Crippen LogP) is 17.8. The Balaban J connectivity index is 0.000000460. The first-order chi connectivity index (χ1) is 57.6. The SMILES string of the molecule is CC(C)C#CC1(O)CC2(COC2)C1.CC(C)C#CC1(O)CCC1.CC(C)C#CC1(O)CCCC1.CC(C)C#CC1(O)CCCCC1.CC(C)C#CC1(O)CN(C)C1.CC(C)C#CC1(O)CNC1.CC(C)C#CC1(O)COC1.CC(C)C#CC1CC1.CC(C)C#Cc1ccc(C#N)cc1.CC(C)C#Cc1ccc(N(C)C)cc1.CC(C)C#Cc1ccccc1. The van der Waals surface area contributed by atoms with Gasteiger partial charge in [0.1, 0.15) is 28.0 Å². The quantitative estimate of drug-likeness (QED) is 0.107. The van der Waals surface area contributed by atoms with E-state index in [1.807, 2.05) is 147 Å². The molecule has 4 aliphatic heterocycles. The highest BCUT2D eigenvalue weighted by Gasteiger charge is 2.57. The van der Waals surface area contributed by atoms with E-state index in [9.17, 15) is 35.7 Å². The summed E-state index contributed by atoms with van der Waals surface area (Å²) in [5.74, 6) is 71.4. The summed E-state index contributed by atoms with van der Waals surface area (Å²) in [6, 6.07) is 27.7. The number of nitriles is 1. The van der Waals surface area contributed by atoms with Gasteiger partial charge < -0.3 is 55.4 Å². The second-order valence-corrected chi connectivity index (χ2v) is 37.9. The van der Waals surface area contributed by atoms with Crippen LogP contribution in [0.2, 0.25) is 0 Å². The Morgan fingerprint density at radius 3 is 0.927 bits per heavy atom. The number of ether oxygens (including phenoxy) is 2. The third-order valence-electron chi connectivity index (χ3n) is 19.0. The molecule has 13 heteroatoms. The zero-order chi connectivity index (χ0) is 92.5. The Labute approximate surface area is 748 Å². The Morgan fingerprint density at radius 2 is 0.650 bits per heavy atom. The monoisotopic (exact) mass is 1680 g/mol. The lowest BCUT2D eigenvalue weighted by molar-refractivity contribution is -0.219. The van der Waals surface area contributed by atoms with Crippen LogP contribution in [0.25, 0.3) is 0 Å². The van der Waals surface area contributed by atoms with Gasteiger partial charge in [0.15, 0.2) is 11.2 Å². The van der Waals surface area contributed by atoms with Crippen LogP contribution in [-0.2, 0) is 9.47 Å². The van der Waals surface area contributed by atoms with Crippen molar-refractivity contribution in [3.8, 4) is 136 Å². The number of nitrogens with one attached hydrogen (secondary N) is 1. The van der Waals surface area contributed by atoms with Gasteiger partial charge in [-0.2, -0.15) is 5.26 Å². The topological polar surface area (TPSA) is 202 Å². The van der Waals surface area contributed by atoms with Gasteiger partial charge in [0.25, 0.3) is 0 Å². The summed E-state index contributed by atoms with van der Waals surface area (Å²) in [7, 11) is 6.05. The lowest BCUT2D eigenvalue weighted by atomic mass is 9.58. The van der Waals surface area contributed by atoms with E-state index in [2.05, 4.69) is 245 Å². The van der Waals surface area contributed by atoms with E-state index >= 15 is 0 Å². The van der Waals surface area contributed by atoms with Crippen molar-refractivity contribution >= 4 is 5.69 Å². The van der Waals surface area contributed by atoms with Crippen LogP contribution >= 0.6 is 0 Å². The van der Waals surface area contributed by atoms with Gasteiger partial charge in [0, 0.05) is 139 Å². The first kappa shape index (κ1) is 111. The maximum Gasteiger partial charge on any atom is 0.171 e. The van der Waals surface area contributed by atoms with Crippen LogP contribution < -0.4 is 10.2 Å². The minimum Gasteiger partial charge on any atom is -0.380 e. The number of hydrogen-bond acceptors (Lipinski definition) is 13. The average molecular weight is 1680 g/mol. The van der Waals surface area contributed by atoms with Gasteiger partial charge in [-0.15, -0.1) is 5.92 Å². The lowest BCUT2D eigenvalue weighted by Crippen LogP contribution is -2.60. The zero-order valence-electron chi connectivity index (χ0n) is 80.2. The molecule has 9 aliphatic rings. The Bertz CT molecular complexity index is 4250. The van der Waals surface area contributed by atoms with Gasteiger partial charge in [-0.3, -0.25) is 4.90 Å². The zero-order valence-corrected chi connectivity index (χ0v) is 80.2. The molecule has 5 saturated carbocycles. The molecule has 3 aromatic rings. The fraction of sp³-hybridized carbons (Fsp3) is 0.627. The molecule has 1 spiro atoms. The highest BCUT2D eigenvalue weighted by Crippen LogP contribution is 2.53. The van der Waals surface area contributed by atoms with Gasteiger partial charge in [-0.1, -0.05) is 301 Å². The summed E-state index contributed by atoms with van der Waals surface area (Å²) in [5.41, 5.74) is 0.479. The molecule has 13 nitrogen and oxygen atoms in total. The fourth-order valence-corrected chi connectivity index (χ4v) is 11.7. The van der Waals surface area contributed by atoms with Crippen molar-refractivity contribution in [1.82, 2.24) is 10.2 Å². The van der Waals surface area contributed by atoms with Gasteiger partial charge in [-0.05, 0) is 164 Å². The van der Waals surface area contributed by atoms with Gasteiger partial charge in [0.05, 0.1) is 38.1 Å². The molecule has 4 saturated heterocycles. The molecule has 0 radical (unpaired) electrons. The van der Waals surface area contributed by atoms with E-state index < -0.39 is 39.2 Å². The molecule has 0 aromatic heterocycles. The molecule has 0 atom stereocenters. The molecule has 3 aromatic carbocycles. The number of aliphatic hydroxyl groups is 7. The molecule has 0 unspecified atom stereocenters. The number of hydrogen-bond donors (Lipinski definition) is 8. The lowest BCUT2D eigenvalue weighted by Gasteiger charge is -2.55. The molecule has 0 amide bonds. The minimum absolute atomic E-state index is 0.292. The summed E-state index contributed by atoms with van der Waals surface area (Å²) in [4.78, 5) is 4.13. The second-order valence-electron chi connectivity index (χ2n) is 37.9. The van der Waals surface area contributed by atoms with Crippen molar-refractivity contribution in [2.24, 2.45) is 76.4 Å². The third-order valence-corrected chi connectivity index (χ3v) is 19.0. The fourth-order valence-electron chi connectivity index (χ4n) is 11.7. The van der Waals surface area contributed by atoms with E-state index in [-0.39, 0.29) is 0 Å². The summed E-state index contributed by atoms with van der Waals surface area (Å²) in [6.07, 6.45) is 16.4. The smallest absolute Gasteiger partial charge is 0.171 e. The second kappa shape index (κ2) is 56.6. The van der Waals surface area contributed by atoms with Crippen LogP contribution in [0.1, 0.15) is 277 Å². The molecule has 4 heterocycles. The van der Waals surface area contributed by atoms with Gasteiger partial charge in [-0.25, -0.2) is 0 Å². The highest BCUT2D eigenvalue weighted by atomic mass is 16.5. The van der Waals surface area contributed by atoms with Crippen molar-refractivity contribution in [2.45, 2.75) is 294 Å². The predicted molar refractivity (Wildman–Crippen MR) is 511 cm³/mol. The van der Waals surface area contributed by atoms with Crippen molar-refractivity contribution in [2.75, 3.05) is 78.6 Å².